The van der Waals surface area contributed by atoms with E-state index in [9.17, 15) is 4.79 Å². The van der Waals surface area contributed by atoms with Crippen LogP contribution >= 0.6 is 0 Å². The standard InChI is InChI=1S/C18H20N6O/c1-12-6-7-13-4-2-3-5-14(13)24(12)9-8-19-18(25)16-15-17(22-10-20-15)23-11-21-16/h2-5,10-12H,6-9H2,1H3,(H,19,25)(H,20,21,22,23). The summed E-state index contributed by atoms with van der Waals surface area (Å²) in [5, 5.41) is 2.96. The number of H-pyrrole nitrogens is 1. The number of carbonyl (C=O) groups excluding carboxylic acids is 1. The van der Waals surface area contributed by atoms with Crippen molar-refractivity contribution in [3.05, 3.63) is 48.2 Å². The molecule has 1 unspecified atom stereocenters. The largest absolute Gasteiger partial charge is 0.367 e. The van der Waals surface area contributed by atoms with Crippen LogP contribution in [0.2, 0.25) is 0 Å². The predicted octanol–water partition coefficient (Wildman–Crippen LogP) is 1.92. The summed E-state index contributed by atoms with van der Waals surface area (Å²) in [5.41, 5.74) is 4.04. The second kappa shape index (κ2) is 6.51. The summed E-state index contributed by atoms with van der Waals surface area (Å²) in [6.07, 6.45) is 5.12. The van der Waals surface area contributed by atoms with E-state index in [1.807, 2.05) is 0 Å². The minimum Gasteiger partial charge on any atom is -0.367 e. The van der Waals surface area contributed by atoms with Gasteiger partial charge in [0, 0.05) is 24.8 Å². The Bertz CT molecular complexity index is 905. The van der Waals surface area contributed by atoms with Gasteiger partial charge >= 0.3 is 0 Å². The molecule has 4 rings (SSSR count). The second-order valence-corrected chi connectivity index (χ2v) is 6.29. The molecule has 0 saturated heterocycles. The number of carbonyl (C=O) groups is 1. The number of fused-ring (bicyclic) bond motifs is 2. The molecule has 0 spiro atoms. The van der Waals surface area contributed by atoms with E-state index in [1.54, 1.807) is 0 Å². The van der Waals surface area contributed by atoms with Crippen molar-refractivity contribution in [2.24, 2.45) is 0 Å². The molecule has 128 valence electrons. The number of para-hydroxylation sites is 1. The van der Waals surface area contributed by atoms with Gasteiger partial charge in [-0.3, -0.25) is 4.79 Å². The number of nitrogens with zero attached hydrogens (tertiary/aromatic N) is 4. The summed E-state index contributed by atoms with van der Waals surface area (Å²) in [4.78, 5) is 29.9. The Balaban J connectivity index is 1.44. The zero-order valence-electron chi connectivity index (χ0n) is 14.1. The number of aromatic amines is 1. The van der Waals surface area contributed by atoms with Crippen molar-refractivity contribution in [2.45, 2.75) is 25.8 Å². The van der Waals surface area contributed by atoms with Crippen molar-refractivity contribution >= 4 is 22.8 Å². The molecule has 0 bridgehead atoms. The van der Waals surface area contributed by atoms with Gasteiger partial charge in [0.25, 0.3) is 5.91 Å². The van der Waals surface area contributed by atoms with Gasteiger partial charge in [0.2, 0.25) is 0 Å². The van der Waals surface area contributed by atoms with Gasteiger partial charge in [-0.15, -0.1) is 0 Å². The summed E-state index contributed by atoms with van der Waals surface area (Å²) in [7, 11) is 0. The van der Waals surface area contributed by atoms with Crippen molar-refractivity contribution in [1.29, 1.82) is 0 Å². The van der Waals surface area contributed by atoms with Gasteiger partial charge in [-0.25, -0.2) is 15.0 Å². The molecule has 3 aromatic rings. The molecule has 1 aromatic carbocycles. The molecule has 0 aliphatic carbocycles. The van der Waals surface area contributed by atoms with E-state index in [0.29, 0.717) is 29.4 Å². The van der Waals surface area contributed by atoms with E-state index in [2.05, 4.69) is 61.3 Å². The highest BCUT2D eigenvalue weighted by Crippen LogP contribution is 2.29. The molecule has 1 atom stereocenters. The van der Waals surface area contributed by atoms with Gasteiger partial charge < -0.3 is 15.2 Å². The van der Waals surface area contributed by atoms with E-state index < -0.39 is 0 Å². The van der Waals surface area contributed by atoms with Gasteiger partial charge in [-0.1, -0.05) is 18.2 Å². The predicted molar refractivity (Wildman–Crippen MR) is 95.6 cm³/mol. The van der Waals surface area contributed by atoms with Gasteiger partial charge in [0.15, 0.2) is 11.3 Å². The third kappa shape index (κ3) is 2.93. The minimum atomic E-state index is -0.213. The zero-order chi connectivity index (χ0) is 17.2. The Kier molecular flexibility index (Phi) is 4.05. The van der Waals surface area contributed by atoms with Crippen LogP contribution in [0.15, 0.2) is 36.9 Å². The molecule has 25 heavy (non-hydrogen) atoms. The lowest BCUT2D eigenvalue weighted by molar-refractivity contribution is 0.0951. The lowest BCUT2D eigenvalue weighted by atomic mass is 9.97. The number of imidazole rings is 1. The van der Waals surface area contributed by atoms with Crippen molar-refractivity contribution in [1.82, 2.24) is 25.3 Å². The van der Waals surface area contributed by atoms with Crippen LogP contribution in [0.3, 0.4) is 0 Å². The van der Waals surface area contributed by atoms with Crippen molar-refractivity contribution < 1.29 is 4.79 Å². The molecular weight excluding hydrogens is 316 g/mol. The first kappa shape index (κ1) is 15.6. The molecule has 7 nitrogen and oxygen atoms in total. The number of rotatable bonds is 4. The van der Waals surface area contributed by atoms with Crippen molar-refractivity contribution in [2.75, 3.05) is 18.0 Å². The van der Waals surface area contributed by atoms with Crippen LogP contribution < -0.4 is 10.2 Å². The summed E-state index contributed by atoms with van der Waals surface area (Å²) >= 11 is 0. The maximum atomic E-state index is 12.5. The monoisotopic (exact) mass is 336 g/mol. The number of anilines is 1. The normalized spacial score (nSPS) is 16.7. The third-order valence-corrected chi connectivity index (χ3v) is 4.74. The first-order chi connectivity index (χ1) is 12.2. The average molecular weight is 336 g/mol. The zero-order valence-corrected chi connectivity index (χ0v) is 14.1. The summed E-state index contributed by atoms with van der Waals surface area (Å²) < 4.78 is 0. The lowest BCUT2D eigenvalue weighted by Gasteiger charge is -2.37. The molecule has 1 aliphatic rings. The number of benzene rings is 1. The highest BCUT2D eigenvalue weighted by Gasteiger charge is 2.22. The number of aryl methyl sites for hydroxylation is 1. The quantitative estimate of drug-likeness (QED) is 0.760. The lowest BCUT2D eigenvalue weighted by Crippen LogP contribution is -2.42. The van der Waals surface area contributed by atoms with Crippen molar-refractivity contribution in [3.63, 3.8) is 0 Å². The van der Waals surface area contributed by atoms with E-state index in [1.165, 1.54) is 23.9 Å². The van der Waals surface area contributed by atoms with E-state index in [0.717, 1.165) is 19.4 Å². The Morgan fingerprint density at radius 1 is 1.32 bits per heavy atom. The molecule has 2 aromatic heterocycles. The van der Waals surface area contributed by atoms with E-state index in [-0.39, 0.29) is 5.91 Å². The summed E-state index contributed by atoms with van der Waals surface area (Å²) in [5.74, 6) is -0.213. The molecule has 1 aliphatic heterocycles. The van der Waals surface area contributed by atoms with Crippen LogP contribution in [0, 0.1) is 0 Å². The number of aromatic nitrogens is 4. The smallest absolute Gasteiger partial charge is 0.272 e. The van der Waals surface area contributed by atoms with Crippen LogP contribution in [0.4, 0.5) is 5.69 Å². The molecule has 3 heterocycles. The fourth-order valence-corrected chi connectivity index (χ4v) is 3.41. The van der Waals surface area contributed by atoms with E-state index >= 15 is 0 Å². The first-order valence-electron chi connectivity index (χ1n) is 8.51. The Hall–Kier alpha value is -2.96. The number of hydrogen-bond acceptors (Lipinski definition) is 5. The van der Waals surface area contributed by atoms with Gasteiger partial charge in [0.05, 0.1) is 6.33 Å². The summed E-state index contributed by atoms with van der Waals surface area (Å²) in [6, 6.07) is 8.96. The minimum absolute atomic E-state index is 0.213. The molecule has 0 fully saturated rings. The molecule has 0 radical (unpaired) electrons. The van der Waals surface area contributed by atoms with Crippen LogP contribution in [0.25, 0.3) is 11.2 Å². The first-order valence-corrected chi connectivity index (χ1v) is 8.51. The molecule has 7 heteroatoms. The van der Waals surface area contributed by atoms with Crippen molar-refractivity contribution in [3.8, 4) is 0 Å². The Morgan fingerprint density at radius 3 is 3.12 bits per heavy atom. The Morgan fingerprint density at radius 2 is 2.20 bits per heavy atom. The third-order valence-electron chi connectivity index (χ3n) is 4.74. The molecule has 2 N–H and O–H groups in total. The Labute approximate surface area is 145 Å². The number of nitrogens with one attached hydrogen (secondary N) is 2. The van der Waals surface area contributed by atoms with Gasteiger partial charge in [-0.2, -0.15) is 0 Å². The highest BCUT2D eigenvalue weighted by atomic mass is 16.1. The molecular formula is C18H20N6O. The fourth-order valence-electron chi connectivity index (χ4n) is 3.41. The second-order valence-electron chi connectivity index (χ2n) is 6.29. The maximum absolute atomic E-state index is 12.5. The number of hydrogen-bond donors (Lipinski definition) is 2. The van der Waals surface area contributed by atoms with Gasteiger partial charge in [0.1, 0.15) is 11.8 Å². The summed E-state index contributed by atoms with van der Waals surface area (Å²) in [6.45, 7) is 3.55. The molecule has 0 saturated carbocycles. The maximum Gasteiger partial charge on any atom is 0.272 e. The fraction of sp³-hybridized carbons (Fsp3) is 0.333. The van der Waals surface area contributed by atoms with Crippen LogP contribution in [-0.2, 0) is 6.42 Å². The SMILES string of the molecule is CC1CCc2ccccc2N1CCNC(=O)c1ncnc2nc[nH]c12. The van der Waals surface area contributed by atoms with Crippen LogP contribution in [-0.4, -0.2) is 45.0 Å². The van der Waals surface area contributed by atoms with Crippen LogP contribution in [0.5, 0.6) is 0 Å². The average Bonchev–Trinajstić information content (AvgIpc) is 3.12. The highest BCUT2D eigenvalue weighted by molar-refractivity contribution is 6.01. The molecule has 1 amide bonds. The number of amides is 1. The van der Waals surface area contributed by atoms with Crippen LogP contribution in [0.1, 0.15) is 29.4 Å². The van der Waals surface area contributed by atoms with Gasteiger partial charge in [-0.05, 0) is 31.4 Å². The topological polar surface area (TPSA) is 86.8 Å². The van der Waals surface area contributed by atoms with E-state index in [4.69, 9.17) is 0 Å².